The van der Waals surface area contributed by atoms with E-state index in [-0.39, 0.29) is 6.10 Å². The summed E-state index contributed by atoms with van der Waals surface area (Å²) in [7, 11) is 1.61. The third-order valence-corrected chi connectivity index (χ3v) is 5.00. The number of aromatic nitrogens is 2. The van der Waals surface area contributed by atoms with Crippen molar-refractivity contribution in [3.05, 3.63) is 30.0 Å². The normalized spacial score (nSPS) is 19.2. The molecule has 3 heterocycles. The fourth-order valence-corrected chi connectivity index (χ4v) is 3.40. The lowest BCUT2D eigenvalue weighted by atomic mass is 10.2. The molecule has 8 heteroatoms. The highest BCUT2D eigenvalue weighted by Crippen LogP contribution is 2.38. The van der Waals surface area contributed by atoms with Crippen molar-refractivity contribution in [1.29, 1.82) is 0 Å². The molecule has 0 spiro atoms. The number of nitrogens with zero attached hydrogens (tertiary/aromatic N) is 3. The van der Waals surface area contributed by atoms with Crippen LogP contribution in [0.1, 0.15) is 18.5 Å². The summed E-state index contributed by atoms with van der Waals surface area (Å²) in [5, 5.41) is 0. The van der Waals surface area contributed by atoms with E-state index in [1.807, 2.05) is 31.2 Å². The molecule has 2 saturated heterocycles. The minimum Gasteiger partial charge on any atom is -0.493 e. The summed E-state index contributed by atoms with van der Waals surface area (Å²) < 4.78 is 28.8. The highest BCUT2D eigenvalue weighted by molar-refractivity contribution is 5.49. The molecule has 1 aromatic carbocycles. The second kappa shape index (κ2) is 9.28. The summed E-state index contributed by atoms with van der Waals surface area (Å²) in [4.78, 5) is 11.5. The fourth-order valence-electron chi connectivity index (χ4n) is 3.40. The van der Waals surface area contributed by atoms with E-state index in [0.717, 1.165) is 32.5 Å². The summed E-state index contributed by atoms with van der Waals surface area (Å²) in [5.41, 5.74) is 0.703. The molecule has 2 aliphatic heterocycles. The Labute approximate surface area is 170 Å². The zero-order chi connectivity index (χ0) is 20.1. The van der Waals surface area contributed by atoms with Gasteiger partial charge in [-0.1, -0.05) is 12.1 Å². The van der Waals surface area contributed by atoms with Gasteiger partial charge in [0.25, 0.3) is 5.88 Å². The predicted octanol–water partition coefficient (Wildman–Crippen LogP) is 2.98. The van der Waals surface area contributed by atoms with Gasteiger partial charge in [-0.3, -0.25) is 0 Å². The van der Waals surface area contributed by atoms with Crippen molar-refractivity contribution in [2.75, 3.05) is 51.5 Å². The van der Waals surface area contributed by atoms with E-state index in [1.165, 1.54) is 0 Å². The highest BCUT2D eigenvalue weighted by Gasteiger charge is 2.23. The molecule has 0 bridgehead atoms. The van der Waals surface area contributed by atoms with E-state index >= 15 is 0 Å². The van der Waals surface area contributed by atoms with E-state index in [4.69, 9.17) is 23.7 Å². The van der Waals surface area contributed by atoms with Crippen LogP contribution in [0.2, 0.25) is 0 Å². The average molecular weight is 401 g/mol. The van der Waals surface area contributed by atoms with E-state index in [9.17, 15) is 0 Å². The van der Waals surface area contributed by atoms with Gasteiger partial charge in [0.05, 0.1) is 32.1 Å². The van der Waals surface area contributed by atoms with Gasteiger partial charge in [-0.05, 0) is 31.9 Å². The fraction of sp³-hybridized carbons (Fsp3) is 0.524. The number of anilines is 1. The maximum atomic E-state index is 6.16. The lowest BCUT2D eigenvalue weighted by Gasteiger charge is -2.27. The van der Waals surface area contributed by atoms with E-state index in [1.54, 1.807) is 7.11 Å². The summed E-state index contributed by atoms with van der Waals surface area (Å²) in [5.74, 6) is 2.75. The van der Waals surface area contributed by atoms with Crippen molar-refractivity contribution in [3.8, 4) is 23.1 Å². The van der Waals surface area contributed by atoms with Crippen molar-refractivity contribution < 1.29 is 23.7 Å². The number of rotatable bonds is 7. The Kier molecular flexibility index (Phi) is 6.31. The van der Waals surface area contributed by atoms with Crippen LogP contribution in [0.3, 0.4) is 0 Å². The summed E-state index contributed by atoms with van der Waals surface area (Å²) in [6.07, 6.45) is 2.12. The van der Waals surface area contributed by atoms with Crippen molar-refractivity contribution in [1.82, 2.24) is 9.97 Å². The topological polar surface area (TPSA) is 75.2 Å². The number of hydrogen-bond donors (Lipinski definition) is 0. The molecular formula is C21H27N3O5. The van der Waals surface area contributed by atoms with Gasteiger partial charge in [0.2, 0.25) is 11.7 Å². The smallest absolute Gasteiger partial charge is 0.263 e. The molecule has 2 aromatic rings. The number of para-hydroxylation sites is 2. The van der Waals surface area contributed by atoms with Crippen LogP contribution in [0, 0.1) is 6.92 Å². The number of methoxy groups -OCH3 is 1. The van der Waals surface area contributed by atoms with Crippen molar-refractivity contribution in [2.24, 2.45) is 0 Å². The first-order valence-corrected chi connectivity index (χ1v) is 10.0. The maximum absolute atomic E-state index is 6.16. The Bertz CT molecular complexity index is 820. The molecule has 4 rings (SSSR count). The summed E-state index contributed by atoms with van der Waals surface area (Å²) in [6.45, 7) is 5.92. The molecule has 1 atom stereocenters. The van der Waals surface area contributed by atoms with E-state index < -0.39 is 0 Å². The van der Waals surface area contributed by atoms with Crippen molar-refractivity contribution >= 4 is 5.95 Å². The van der Waals surface area contributed by atoms with Gasteiger partial charge in [0.1, 0.15) is 6.61 Å². The quantitative estimate of drug-likeness (QED) is 0.701. The molecule has 0 aliphatic carbocycles. The van der Waals surface area contributed by atoms with Gasteiger partial charge in [-0.2, -0.15) is 4.98 Å². The number of ether oxygens (including phenoxy) is 5. The molecule has 0 N–H and O–H groups in total. The van der Waals surface area contributed by atoms with E-state index in [2.05, 4.69) is 14.9 Å². The second-order valence-electron chi connectivity index (χ2n) is 7.04. The number of aryl methyl sites for hydroxylation is 1. The van der Waals surface area contributed by atoms with Crippen LogP contribution in [-0.2, 0) is 9.47 Å². The molecule has 0 amide bonds. The number of benzene rings is 1. The molecule has 0 saturated carbocycles. The summed E-state index contributed by atoms with van der Waals surface area (Å²) in [6, 6.07) is 7.48. The SMILES string of the molecule is COc1ccccc1Oc1c(C)nc(N2CCOCC2)nc1OCC1CCCO1. The largest absolute Gasteiger partial charge is 0.493 e. The molecule has 0 radical (unpaired) electrons. The van der Waals surface area contributed by atoms with Gasteiger partial charge >= 0.3 is 0 Å². The first-order chi connectivity index (χ1) is 14.2. The van der Waals surface area contributed by atoms with E-state index in [0.29, 0.717) is 54.6 Å². The lowest BCUT2D eigenvalue weighted by molar-refractivity contribution is 0.0653. The standard InChI is InChI=1S/C21H27N3O5/c1-15-19(29-18-8-4-3-7-17(18)25-2)20(28-14-16-6-5-11-27-16)23-21(22-15)24-9-12-26-13-10-24/h3-4,7-8,16H,5-6,9-14H2,1-2H3. The van der Waals surface area contributed by atoms with Gasteiger partial charge in [-0.15, -0.1) is 0 Å². The lowest BCUT2D eigenvalue weighted by Crippen LogP contribution is -2.37. The van der Waals surface area contributed by atoms with Gasteiger partial charge < -0.3 is 28.6 Å². The minimum absolute atomic E-state index is 0.0798. The molecule has 1 unspecified atom stereocenters. The van der Waals surface area contributed by atoms with Gasteiger partial charge in [0.15, 0.2) is 11.5 Å². The molecule has 2 fully saturated rings. The Morgan fingerprint density at radius 2 is 1.90 bits per heavy atom. The van der Waals surface area contributed by atoms with Crippen LogP contribution in [-0.4, -0.2) is 62.7 Å². The summed E-state index contributed by atoms with van der Waals surface area (Å²) >= 11 is 0. The highest BCUT2D eigenvalue weighted by atomic mass is 16.6. The zero-order valence-electron chi connectivity index (χ0n) is 16.9. The first kappa shape index (κ1) is 19.7. The van der Waals surface area contributed by atoms with Crippen LogP contribution >= 0.6 is 0 Å². The third kappa shape index (κ3) is 4.71. The number of morpholine rings is 1. The molecule has 8 nitrogen and oxygen atoms in total. The Hall–Kier alpha value is -2.58. The molecule has 29 heavy (non-hydrogen) atoms. The number of hydrogen-bond acceptors (Lipinski definition) is 8. The van der Waals surface area contributed by atoms with Crippen LogP contribution in [0.5, 0.6) is 23.1 Å². The Morgan fingerprint density at radius 1 is 1.10 bits per heavy atom. The molecule has 156 valence electrons. The second-order valence-corrected chi connectivity index (χ2v) is 7.04. The van der Waals surface area contributed by atoms with Crippen LogP contribution in [0.4, 0.5) is 5.95 Å². The van der Waals surface area contributed by atoms with Crippen molar-refractivity contribution in [2.45, 2.75) is 25.9 Å². The van der Waals surface area contributed by atoms with Crippen LogP contribution in [0.25, 0.3) is 0 Å². The monoisotopic (exact) mass is 401 g/mol. The zero-order valence-corrected chi connectivity index (χ0v) is 16.9. The van der Waals surface area contributed by atoms with Gasteiger partial charge in [-0.25, -0.2) is 4.98 Å². The molecule has 2 aliphatic rings. The predicted molar refractivity (Wildman–Crippen MR) is 107 cm³/mol. The Balaban J connectivity index is 1.63. The molecular weight excluding hydrogens is 374 g/mol. The van der Waals surface area contributed by atoms with Gasteiger partial charge in [0, 0.05) is 19.7 Å². The average Bonchev–Trinajstić information content (AvgIpc) is 3.28. The first-order valence-electron chi connectivity index (χ1n) is 10.0. The van der Waals surface area contributed by atoms with Crippen LogP contribution in [0.15, 0.2) is 24.3 Å². The van der Waals surface area contributed by atoms with Crippen molar-refractivity contribution in [3.63, 3.8) is 0 Å². The van der Waals surface area contributed by atoms with Crippen LogP contribution < -0.4 is 19.1 Å². The minimum atomic E-state index is 0.0798. The maximum Gasteiger partial charge on any atom is 0.263 e. The third-order valence-electron chi connectivity index (χ3n) is 5.00. The molecule has 1 aromatic heterocycles. The Morgan fingerprint density at radius 3 is 2.62 bits per heavy atom.